The van der Waals surface area contributed by atoms with Crippen molar-refractivity contribution in [3.05, 3.63) is 80.5 Å². The predicted molar refractivity (Wildman–Crippen MR) is 120 cm³/mol. The Kier molecular flexibility index (Phi) is 5.72. The number of aryl methyl sites for hydroxylation is 2. The maximum Gasteiger partial charge on any atom is 0.274 e. The monoisotopic (exact) mass is 418 g/mol. The van der Waals surface area contributed by atoms with Gasteiger partial charge in [-0.05, 0) is 31.9 Å². The quantitative estimate of drug-likeness (QED) is 0.516. The molecule has 0 aliphatic heterocycles. The molecule has 4 rings (SSSR count). The number of benzene rings is 2. The van der Waals surface area contributed by atoms with E-state index in [1.807, 2.05) is 19.9 Å². The molecule has 7 heteroatoms. The number of amides is 1. The van der Waals surface area contributed by atoms with Crippen molar-refractivity contribution >= 4 is 28.0 Å². The van der Waals surface area contributed by atoms with Crippen molar-refractivity contribution in [2.75, 3.05) is 6.54 Å². The average Bonchev–Trinajstić information content (AvgIpc) is 3.21. The molecule has 1 amide bonds. The summed E-state index contributed by atoms with van der Waals surface area (Å²) in [6.45, 7) is 4.72. The zero-order chi connectivity index (χ0) is 21.1. The normalized spacial score (nSPS) is 11.0. The molecule has 0 aliphatic carbocycles. The third-order valence-corrected chi connectivity index (χ3v) is 5.72. The van der Waals surface area contributed by atoms with Crippen LogP contribution in [0.4, 0.5) is 0 Å². The Morgan fingerprint density at radius 3 is 2.50 bits per heavy atom. The first-order valence-electron chi connectivity index (χ1n) is 9.86. The Morgan fingerprint density at radius 1 is 1.10 bits per heavy atom. The predicted octanol–water partition coefficient (Wildman–Crippen LogP) is 3.82. The summed E-state index contributed by atoms with van der Waals surface area (Å²) >= 11 is 1.64. The van der Waals surface area contributed by atoms with Gasteiger partial charge in [-0.1, -0.05) is 42.5 Å². The van der Waals surface area contributed by atoms with E-state index in [0.717, 1.165) is 21.8 Å². The van der Waals surface area contributed by atoms with Gasteiger partial charge >= 0.3 is 0 Å². The van der Waals surface area contributed by atoms with Gasteiger partial charge in [0.15, 0.2) is 5.69 Å². The van der Waals surface area contributed by atoms with Crippen LogP contribution in [0.1, 0.15) is 28.0 Å². The van der Waals surface area contributed by atoms with Crippen molar-refractivity contribution in [2.24, 2.45) is 0 Å². The summed E-state index contributed by atoms with van der Waals surface area (Å²) in [6.07, 6.45) is 0.702. The molecule has 0 radical (unpaired) electrons. The second-order valence-electron chi connectivity index (χ2n) is 6.97. The van der Waals surface area contributed by atoms with E-state index in [-0.39, 0.29) is 17.2 Å². The van der Waals surface area contributed by atoms with Crippen molar-refractivity contribution in [2.45, 2.75) is 26.8 Å². The first-order valence-corrected chi connectivity index (χ1v) is 10.7. The molecule has 0 aliphatic rings. The van der Waals surface area contributed by atoms with Gasteiger partial charge in [0.05, 0.1) is 16.1 Å². The number of fused-ring (bicyclic) bond motifs is 1. The van der Waals surface area contributed by atoms with Gasteiger partial charge in [0.2, 0.25) is 0 Å². The maximum absolute atomic E-state index is 12.8. The van der Waals surface area contributed by atoms with Crippen LogP contribution >= 0.6 is 11.3 Å². The van der Waals surface area contributed by atoms with Crippen LogP contribution in [0.25, 0.3) is 22.0 Å². The van der Waals surface area contributed by atoms with Gasteiger partial charge in [0.1, 0.15) is 0 Å². The Bertz CT molecular complexity index is 1260. The van der Waals surface area contributed by atoms with Crippen LogP contribution in [0, 0.1) is 6.92 Å². The molecular formula is C23H22N4O2S. The highest BCUT2D eigenvalue weighted by molar-refractivity contribution is 7.09. The molecule has 0 fully saturated rings. The van der Waals surface area contributed by atoms with Crippen molar-refractivity contribution < 1.29 is 4.79 Å². The smallest absolute Gasteiger partial charge is 0.274 e. The van der Waals surface area contributed by atoms with E-state index in [1.54, 1.807) is 29.5 Å². The van der Waals surface area contributed by atoms with Crippen LogP contribution < -0.4 is 10.9 Å². The van der Waals surface area contributed by atoms with Crippen LogP contribution in [-0.4, -0.2) is 27.2 Å². The lowest BCUT2D eigenvalue weighted by Crippen LogP contribution is -2.31. The van der Waals surface area contributed by atoms with Gasteiger partial charge in [-0.2, -0.15) is 5.10 Å². The number of carbonyl (C=O) groups excluding carboxylic acids is 1. The van der Waals surface area contributed by atoms with E-state index in [2.05, 4.69) is 45.0 Å². The Morgan fingerprint density at radius 2 is 1.83 bits per heavy atom. The number of carbonyl (C=O) groups is 1. The molecule has 2 heterocycles. The van der Waals surface area contributed by atoms with Crippen molar-refractivity contribution in [1.82, 2.24) is 20.1 Å². The van der Waals surface area contributed by atoms with Crippen molar-refractivity contribution in [3.63, 3.8) is 0 Å². The minimum absolute atomic E-state index is 0.181. The van der Waals surface area contributed by atoms with E-state index < -0.39 is 0 Å². The van der Waals surface area contributed by atoms with Gasteiger partial charge in [0, 0.05) is 29.4 Å². The average molecular weight is 419 g/mol. The summed E-state index contributed by atoms with van der Waals surface area (Å²) in [5.41, 5.74) is 3.30. The summed E-state index contributed by atoms with van der Waals surface area (Å²) in [5, 5.41) is 11.4. The minimum Gasteiger partial charge on any atom is -0.350 e. The molecule has 0 atom stereocenters. The molecule has 6 nitrogen and oxygen atoms in total. The van der Waals surface area contributed by atoms with Gasteiger partial charge in [-0.3, -0.25) is 9.59 Å². The van der Waals surface area contributed by atoms with Gasteiger partial charge in [-0.15, -0.1) is 11.3 Å². The molecule has 4 aromatic rings. The maximum atomic E-state index is 12.8. The van der Waals surface area contributed by atoms with E-state index in [1.165, 1.54) is 4.68 Å². The second kappa shape index (κ2) is 8.59. The number of thiazole rings is 1. The molecule has 152 valence electrons. The molecule has 0 bridgehead atoms. The largest absolute Gasteiger partial charge is 0.350 e. The third kappa shape index (κ3) is 4.02. The summed E-state index contributed by atoms with van der Waals surface area (Å²) in [4.78, 5) is 29.7. The molecule has 30 heavy (non-hydrogen) atoms. The van der Waals surface area contributed by atoms with E-state index in [4.69, 9.17) is 0 Å². The number of hydrogen-bond donors (Lipinski definition) is 1. The second-order valence-corrected chi connectivity index (χ2v) is 8.03. The third-order valence-electron chi connectivity index (χ3n) is 4.95. The molecule has 0 spiro atoms. The number of nitrogens with one attached hydrogen (secondary N) is 1. The lowest BCUT2D eigenvalue weighted by molar-refractivity contribution is 0.0948. The van der Waals surface area contributed by atoms with Crippen LogP contribution in [-0.2, 0) is 13.0 Å². The molecule has 0 saturated heterocycles. The molecule has 0 saturated carbocycles. The van der Waals surface area contributed by atoms with Gasteiger partial charge in [0.25, 0.3) is 11.5 Å². The summed E-state index contributed by atoms with van der Waals surface area (Å²) < 4.78 is 1.33. The standard InChI is InChI=1S/C23H22N4O2S/c1-3-27-23(29)19-7-5-4-6-18(19)21(26-27)22(28)24-13-12-16-8-10-17(11-9-16)20-14-30-15(2)25-20/h4-11,14H,3,12-13H2,1-2H3,(H,24,28). The fraction of sp³-hybridized carbons (Fsp3) is 0.217. The summed E-state index contributed by atoms with van der Waals surface area (Å²) in [5.74, 6) is -0.275. The topological polar surface area (TPSA) is 76.9 Å². The Balaban J connectivity index is 1.45. The SMILES string of the molecule is CCn1nc(C(=O)NCCc2ccc(-c3csc(C)n3)cc2)c2ccccc2c1=O. The van der Waals surface area contributed by atoms with Crippen molar-refractivity contribution in [3.8, 4) is 11.3 Å². The Labute approximate surface area is 178 Å². The fourth-order valence-corrected chi connectivity index (χ4v) is 3.98. The molecule has 1 N–H and O–H groups in total. The molecular weight excluding hydrogens is 396 g/mol. The van der Waals surface area contributed by atoms with E-state index in [0.29, 0.717) is 30.3 Å². The first kappa shape index (κ1) is 20.0. The molecule has 2 aromatic carbocycles. The number of nitrogens with zero attached hydrogens (tertiary/aromatic N) is 3. The number of rotatable bonds is 6. The molecule has 0 unspecified atom stereocenters. The fourth-order valence-electron chi connectivity index (χ4n) is 3.36. The summed E-state index contributed by atoms with van der Waals surface area (Å²) in [7, 11) is 0. The van der Waals surface area contributed by atoms with Gasteiger partial charge < -0.3 is 5.32 Å². The highest BCUT2D eigenvalue weighted by Crippen LogP contribution is 2.22. The van der Waals surface area contributed by atoms with Crippen LogP contribution in [0.15, 0.2) is 58.7 Å². The van der Waals surface area contributed by atoms with Gasteiger partial charge in [-0.25, -0.2) is 9.67 Å². The first-order chi connectivity index (χ1) is 14.6. The van der Waals surface area contributed by atoms with E-state index >= 15 is 0 Å². The lowest BCUT2D eigenvalue weighted by Gasteiger charge is -2.10. The zero-order valence-corrected chi connectivity index (χ0v) is 17.7. The van der Waals surface area contributed by atoms with Crippen LogP contribution in [0.2, 0.25) is 0 Å². The lowest BCUT2D eigenvalue weighted by atomic mass is 10.1. The number of aromatic nitrogens is 3. The van der Waals surface area contributed by atoms with Crippen LogP contribution in [0.5, 0.6) is 0 Å². The van der Waals surface area contributed by atoms with Crippen molar-refractivity contribution in [1.29, 1.82) is 0 Å². The minimum atomic E-state index is -0.275. The zero-order valence-electron chi connectivity index (χ0n) is 16.9. The summed E-state index contributed by atoms with van der Waals surface area (Å²) in [6, 6.07) is 15.3. The molecule has 2 aromatic heterocycles. The van der Waals surface area contributed by atoms with Crippen LogP contribution in [0.3, 0.4) is 0 Å². The highest BCUT2D eigenvalue weighted by atomic mass is 32.1. The van der Waals surface area contributed by atoms with E-state index in [9.17, 15) is 9.59 Å². The highest BCUT2D eigenvalue weighted by Gasteiger charge is 2.15. The number of hydrogen-bond acceptors (Lipinski definition) is 5. The Hall–Kier alpha value is -3.32.